The summed E-state index contributed by atoms with van der Waals surface area (Å²) in [6.07, 6.45) is 4.44. The molecule has 1 N–H and O–H groups in total. The molecule has 5 nitrogen and oxygen atoms in total. The average molecular weight is 277 g/mol. The minimum Gasteiger partial charge on any atom is -0.311 e. The van der Waals surface area contributed by atoms with E-state index in [4.69, 9.17) is 0 Å². The van der Waals surface area contributed by atoms with E-state index in [1.807, 2.05) is 11.7 Å². The first kappa shape index (κ1) is 14.0. The quantitative estimate of drug-likeness (QED) is 0.907. The molecule has 112 valence electrons. The molecule has 2 unspecified atom stereocenters. The van der Waals surface area contributed by atoms with Crippen LogP contribution < -0.4 is 5.32 Å². The number of nitrogens with one attached hydrogen (secondary N) is 1. The molecule has 2 aliphatic rings. The summed E-state index contributed by atoms with van der Waals surface area (Å²) < 4.78 is 1.90. The molecule has 5 heteroatoms. The van der Waals surface area contributed by atoms with Gasteiger partial charge in [0.2, 0.25) is 0 Å². The summed E-state index contributed by atoms with van der Waals surface area (Å²) in [7, 11) is 1.98. The molecule has 0 spiro atoms. The van der Waals surface area contributed by atoms with Gasteiger partial charge in [0.1, 0.15) is 12.2 Å². The van der Waals surface area contributed by atoms with E-state index < -0.39 is 0 Å². The monoisotopic (exact) mass is 277 g/mol. The lowest BCUT2D eigenvalue weighted by atomic mass is 9.84. The molecule has 1 saturated carbocycles. The van der Waals surface area contributed by atoms with Gasteiger partial charge in [-0.1, -0.05) is 20.8 Å². The molecule has 1 aromatic rings. The lowest BCUT2D eigenvalue weighted by molar-refractivity contribution is 0.0659. The summed E-state index contributed by atoms with van der Waals surface area (Å²) in [6, 6.07) is 1.22. The number of piperazine rings is 1. The van der Waals surface area contributed by atoms with Gasteiger partial charge in [0.25, 0.3) is 0 Å². The number of aryl methyl sites for hydroxylation is 1. The molecular formula is C15H27N5. The zero-order chi connectivity index (χ0) is 14.3. The van der Waals surface area contributed by atoms with E-state index >= 15 is 0 Å². The number of rotatable bonds is 3. The third kappa shape index (κ3) is 2.88. The number of hydrogen-bond acceptors (Lipinski definition) is 4. The zero-order valence-electron chi connectivity index (χ0n) is 13.1. The Morgan fingerprint density at radius 1 is 1.35 bits per heavy atom. The summed E-state index contributed by atoms with van der Waals surface area (Å²) in [6.45, 7) is 10.1. The maximum Gasteiger partial charge on any atom is 0.140 e. The van der Waals surface area contributed by atoms with Crippen LogP contribution in [0, 0.1) is 11.3 Å². The third-order valence-electron chi connectivity index (χ3n) is 4.82. The van der Waals surface area contributed by atoms with Gasteiger partial charge in [-0.25, -0.2) is 4.98 Å². The van der Waals surface area contributed by atoms with Gasteiger partial charge in [-0.15, -0.1) is 0 Å². The van der Waals surface area contributed by atoms with Crippen LogP contribution in [-0.4, -0.2) is 44.8 Å². The van der Waals surface area contributed by atoms with Crippen LogP contribution in [0.5, 0.6) is 0 Å². The van der Waals surface area contributed by atoms with E-state index in [1.54, 1.807) is 6.33 Å². The highest BCUT2D eigenvalue weighted by molar-refractivity contribution is 4.99. The molecule has 1 aromatic heterocycles. The van der Waals surface area contributed by atoms with Gasteiger partial charge in [0, 0.05) is 32.2 Å². The van der Waals surface area contributed by atoms with Crippen molar-refractivity contribution in [3.63, 3.8) is 0 Å². The molecule has 1 aliphatic carbocycles. The van der Waals surface area contributed by atoms with Crippen molar-refractivity contribution in [2.75, 3.05) is 13.1 Å². The second kappa shape index (κ2) is 5.11. The normalized spacial score (nSPS) is 28.8. The Kier molecular flexibility index (Phi) is 3.58. The highest BCUT2D eigenvalue weighted by Crippen LogP contribution is 2.38. The molecule has 0 amide bonds. The van der Waals surface area contributed by atoms with Crippen LogP contribution in [0.1, 0.15) is 39.4 Å². The Labute approximate surface area is 121 Å². The topological polar surface area (TPSA) is 46.0 Å². The highest BCUT2D eigenvalue weighted by Gasteiger charge is 2.41. The smallest absolute Gasteiger partial charge is 0.140 e. The molecule has 0 radical (unpaired) electrons. The van der Waals surface area contributed by atoms with Gasteiger partial charge in [0.05, 0.1) is 6.54 Å². The van der Waals surface area contributed by atoms with Gasteiger partial charge in [-0.3, -0.25) is 9.58 Å². The molecule has 20 heavy (non-hydrogen) atoms. The lowest BCUT2D eigenvalue weighted by Gasteiger charge is -2.45. The fourth-order valence-electron chi connectivity index (χ4n) is 3.18. The Morgan fingerprint density at radius 3 is 2.65 bits per heavy atom. The second-order valence-electron chi connectivity index (χ2n) is 7.46. The average Bonchev–Trinajstić information content (AvgIpc) is 3.14. The predicted molar refractivity (Wildman–Crippen MR) is 79.2 cm³/mol. The number of aromatic nitrogens is 3. The predicted octanol–water partition coefficient (Wildman–Crippen LogP) is 1.41. The molecule has 1 aliphatic heterocycles. The van der Waals surface area contributed by atoms with E-state index in [0.29, 0.717) is 17.5 Å². The summed E-state index contributed by atoms with van der Waals surface area (Å²) in [5.41, 5.74) is 0.298. The summed E-state index contributed by atoms with van der Waals surface area (Å²) in [5.74, 6) is 1.96. The van der Waals surface area contributed by atoms with E-state index in [9.17, 15) is 0 Å². The van der Waals surface area contributed by atoms with Crippen LogP contribution in [0.25, 0.3) is 0 Å². The van der Waals surface area contributed by atoms with Crippen molar-refractivity contribution in [2.45, 2.75) is 52.2 Å². The van der Waals surface area contributed by atoms with Crippen molar-refractivity contribution in [3.05, 3.63) is 12.2 Å². The van der Waals surface area contributed by atoms with E-state index in [-0.39, 0.29) is 0 Å². The van der Waals surface area contributed by atoms with Crippen LogP contribution >= 0.6 is 0 Å². The van der Waals surface area contributed by atoms with Gasteiger partial charge < -0.3 is 5.32 Å². The Morgan fingerprint density at radius 2 is 2.10 bits per heavy atom. The van der Waals surface area contributed by atoms with Gasteiger partial charge in [-0.2, -0.15) is 5.10 Å². The number of hydrogen-bond donors (Lipinski definition) is 1. The van der Waals surface area contributed by atoms with Crippen molar-refractivity contribution < 1.29 is 0 Å². The van der Waals surface area contributed by atoms with Crippen molar-refractivity contribution in [1.29, 1.82) is 0 Å². The SMILES string of the molecule is Cn1ncnc1CN1CC(C(C)(C)C)NCC1C1CC1. The molecule has 2 atom stereocenters. The van der Waals surface area contributed by atoms with E-state index in [1.165, 1.54) is 12.8 Å². The summed E-state index contributed by atoms with van der Waals surface area (Å²) in [4.78, 5) is 7.03. The standard InChI is InChI=1S/C15H27N5/c1-15(2,3)13-8-20(9-14-17-10-18-19(14)4)12(7-16-13)11-5-6-11/h10-13,16H,5-9H2,1-4H3. The van der Waals surface area contributed by atoms with Crippen LogP contribution in [0.2, 0.25) is 0 Å². The highest BCUT2D eigenvalue weighted by atomic mass is 15.3. The first-order chi connectivity index (χ1) is 9.45. The fourth-order valence-corrected chi connectivity index (χ4v) is 3.18. The van der Waals surface area contributed by atoms with Gasteiger partial charge in [-0.05, 0) is 24.2 Å². The molecule has 3 rings (SSSR count). The lowest BCUT2D eigenvalue weighted by Crippen LogP contribution is -2.60. The van der Waals surface area contributed by atoms with Gasteiger partial charge in [0.15, 0.2) is 0 Å². The van der Waals surface area contributed by atoms with Crippen LogP contribution in [0.3, 0.4) is 0 Å². The maximum absolute atomic E-state index is 4.40. The molecule has 2 fully saturated rings. The van der Waals surface area contributed by atoms with Crippen LogP contribution in [0.4, 0.5) is 0 Å². The Hall–Kier alpha value is -0.940. The third-order valence-corrected chi connectivity index (χ3v) is 4.82. The minimum atomic E-state index is 0.298. The second-order valence-corrected chi connectivity index (χ2v) is 7.46. The Balaban J connectivity index is 1.74. The molecule has 1 saturated heterocycles. The summed E-state index contributed by atoms with van der Waals surface area (Å²) in [5, 5.41) is 7.97. The molecule has 2 heterocycles. The van der Waals surface area contributed by atoms with Crippen molar-refractivity contribution in [2.24, 2.45) is 18.4 Å². The van der Waals surface area contributed by atoms with Crippen LogP contribution in [0.15, 0.2) is 6.33 Å². The van der Waals surface area contributed by atoms with Crippen molar-refractivity contribution in [3.8, 4) is 0 Å². The number of nitrogens with zero attached hydrogens (tertiary/aromatic N) is 4. The van der Waals surface area contributed by atoms with E-state index in [2.05, 4.69) is 41.1 Å². The summed E-state index contributed by atoms with van der Waals surface area (Å²) >= 11 is 0. The molecule has 0 aromatic carbocycles. The van der Waals surface area contributed by atoms with Crippen molar-refractivity contribution >= 4 is 0 Å². The molecule has 0 bridgehead atoms. The first-order valence-corrected chi connectivity index (χ1v) is 7.75. The largest absolute Gasteiger partial charge is 0.311 e. The zero-order valence-corrected chi connectivity index (χ0v) is 13.1. The van der Waals surface area contributed by atoms with Crippen LogP contribution in [-0.2, 0) is 13.6 Å². The molecular weight excluding hydrogens is 250 g/mol. The Bertz CT molecular complexity index is 457. The first-order valence-electron chi connectivity index (χ1n) is 7.75. The maximum atomic E-state index is 4.40. The fraction of sp³-hybridized carbons (Fsp3) is 0.867. The minimum absolute atomic E-state index is 0.298. The van der Waals surface area contributed by atoms with E-state index in [0.717, 1.165) is 31.4 Å². The van der Waals surface area contributed by atoms with Gasteiger partial charge >= 0.3 is 0 Å². The van der Waals surface area contributed by atoms with Crippen molar-refractivity contribution in [1.82, 2.24) is 25.0 Å².